The van der Waals surface area contributed by atoms with Crippen molar-refractivity contribution >= 4 is 41.7 Å². The molecule has 0 spiro atoms. The Morgan fingerprint density at radius 3 is 2.14 bits per heavy atom. The molecule has 0 aliphatic heterocycles. The summed E-state index contributed by atoms with van der Waals surface area (Å²) in [7, 11) is -5.77. The van der Waals surface area contributed by atoms with Crippen molar-refractivity contribution in [2.75, 3.05) is 11.8 Å². The molecule has 0 aromatic heterocycles. The molecule has 0 heterocycles. The van der Waals surface area contributed by atoms with Gasteiger partial charge >= 0.3 is 0 Å². The Morgan fingerprint density at radius 2 is 1.54 bits per heavy atom. The van der Waals surface area contributed by atoms with E-state index in [1.165, 1.54) is 34.6 Å². The summed E-state index contributed by atoms with van der Waals surface area (Å²) in [6.45, 7) is 0. The van der Waals surface area contributed by atoms with Gasteiger partial charge in [0.15, 0.2) is 0 Å². The van der Waals surface area contributed by atoms with Crippen LogP contribution in [0.25, 0.3) is 0 Å². The summed E-state index contributed by atoms with van der Waals surface area (Å²) in [5, 5.41) is 0. The number of nitrogens with one attached hydrogen (secondary N) is 1. The summed E-state index contributed by atoms with van der Waals surface area (Å²) < 4.78 is 55.2. The van der Waals surface area contributed by atoms with Crippen molar-refractivity contribution in [3.05, 3.63) is 53.0 Å². The van der Waals surface area contributed by atoms with Gasteiger partial charge in [0.05, 0.1) is 4.90 Å². The van der Waals surface area contributed by atoms with E-state index in [1.54, 1.807) is 25.2 Å². The molecule has 0 radical (unpaired) electrons. The summed E-state index contributed by atoms with van der Waals surface area (Å²) in [5.41, 5.74) is 0.301. The third-order valence-electron chi connectivity index (χ3n) is 5.00. The maximum atomic E-state index is 12.9. The van der Waals surface area contributed by atoms with E-state index in [-0.39, 0.29) is 15.8 Å². The molecule has 0 bridgehead atoms. The monoisotopic (exact) mass is 486 g/mol. The molecule has 28 heavy (non-hydrogen) atoms. The lowest BCUT2D eigenvalue weighted by Gasteiger charge is -2.30. The molecule has 1 aliphatic rings. The molecule has 0 unspecified atom stereocenters. The Morgan fingerprint density at radius 1 is 0.929 bits per heavy atom. The lowest BCUT2D eigenvalue weighted by Crippen LogP contribution is -2.38. The molecule has 0 saturated heterocycles. The van der Waals surface area contributed by atoms with Gasteiger partial charge in [0.25, 0.3) is 10.0 Å². The van der Waals surface area contributed by atoms with Crippen LogP contribution in [-0.2, 0) is 20.0 Å². The van der Waals surface area contributed by atoms with Crippen LogP contribution >= 0.6 is 15.9 Å². The van der Waals surface area contributed by atoms with Crippen molar-refractivity contribution in [3.8, 4) is 0 Å². The average molecular weight is 487 g/mol. The Bertz CT molecular complexity index is 1030. The Balaban J connectivity index is 1.78. The molecule has 0 amide bonds. The molecular weight excluding hydrogens is 464 g/mol. The van der Waals surface area contributed by atoms with E-state index in [9.17, 15) is 16.8 Å². The molecule has 1 aliphatic carbocycles. The number of nitrogens with zero attached hydrogens (tertiary/aromatic N) is 1. The van der Waals surface area contributed by atoms with Crippen molar-refractivity contribution < 1.29 is 16.8 Å². The quantitative estimate of drug-likeness (QED) is 0.662. The highest BCUT2D eigenvalue weighted by molar-refractivity contribution is 9.10. The highest BCUT2D eigenvalue weighted by Gasteiger charge is 2.29. The third-order valence-corrected chi connectivity index (χ3v) is 9.32. The number of hydrogen-bond donors (Lipinski definition) is 1. The van der Waals surface area contributed by atoms with Gasteiger partial charge in [-0.15, -0.1) is 0 Å². The Hall–Kier alpha value is -1.42. The summed E-state index contributed by atoms with van der Waals surface area (Å²) in [6.07, 6.45) is 4.98. The van der Waals surface area contributed by atoms with Crippen molar-refractivity contribution in [1.82, 2.24) is 4.31 Å². The first kappa shape index (κ1) is 21.3. The molecule has 2 aromatic carbocycles. The number of hydrogen-bond acceptors (Lipinski definition) is 4. The van der Waals surface area contributed by atoms with Crippen LogP contribution in [0.15, 0.2) is 62.8 Å². The standard InChI is InChI=1S/C19H23BrN2O4S2/c1-22(16-7-3-2-4-8-16)28(25,26)17-13-11-15(12-14-17)21-27(23,24)19-10-6-5-9-18(19)20/h5-6,9-14,16,21H,2-4,7-8H2,1H3. The van der Waals surface area contributed by atoms with Crippen LogP contribution in [0.4, 0.5) is 5.69 Å². The second kappa shape index (κ2) is 8.52. The lowest BCUT2D eigenvalue weighted by atomic mass is 9.96. The van der Waals surface area contributed by atoms with Crippen LogP contribution < -0.4 is 4.72 Å². The van der Waals surface area contributed by atoms with E-state index in [1.807, 2.05) is 0 Å². The second-order valence-electron chi connectivity index (χ2n) is 6.87. The highest BCUT2D eigenvalue weighted by atomic mass is 79.9. The van der Waals surface area contributed by atoms with Gasteiger partial charge in [0, 0.05) is 23.2 Å². The minimum Gasteiger partial charge on any atom is -0.280 e. The molecule has 6 nitrogen and oxygen atoms in total. The molecular formula is C19H23BrN2O4S2. The van der Waals surface area contributed by atoms with Gasteiger partial charge < -0.3 is 0 Å². The Kier molecular flexibility index (Phi) is 6.48. The minimum absolute atomic E-state index is 0.0207. The van der Waals surface area contributed by atoms with E-state index in [4.69, 9.17) is 0 Å². The van der Waals surface area contributed by atoms with Gasteiger partial charge in [0.1, 0.15) is 4.90 Å². The Labute approximate surface area is 175 Å². The first-order valence-corrected chi connectivity index (χ1v) is 12.8. The predicted molar refractivity (Wildman–Crippen MR) is 113 cm³/mol. The number of rotatable bonds is 6. The van der Waals surface area contributed by atoms with Gasteiger partial charge in [-0.2, -0.15) is 4.31 Å². The van der Waals surface area contributed by atoms with E-state index in [0.29, 0.717) is 10.2 Å². The molecule has 1 fully saturated rings. The van der Waals surface area contributed by atoms with Gasteiger partial charge in [0.2, 0.25) is 10.0 Å². The average Bonchev–Trinajstić information content (AvgIpc) is 2.68. The fraction of sp³-hybridized carbons (Fsp3) is 0.368. The fourth-order valence-electron chi connectivity index (χ4n) is 3.37. The first-order valence-electron chi connectivity index (χ1n) is 9.07. The molecule has 3 rings (SSSR count). The molecule has 0 atom stereocenters. The van der Waals surface area contributed by atoms with Gasteiger partial charge in [-0.3, -0.25) is 4.72 Å². The fourth-order valence-corrected chi connectivity index (χ4v) is 6.85. The second-order valence-corrected chi connectivity index (χ2v) is 11.4. The zero-order valence-electron chi connectivity index (χ0n) is 15.5. The SMILES string of the molecule is CN(C1CCCCC1)S(=O)(=O)c1ccc(NS(=O)(=O)c2ccccc2Br)cc1. The zero-order chi connectivity index (χ0) is 20.4. The van der Waals surface area contributed by atoms with E-state index < -0.39 is 20.0 Å². The number of benzene rings is 2. The minimum atomic E-state index is -3.78. The number of anilines is 1. The zero-order valence-corrected chi connectivity index (χ0v) is 18.7. The molecule has 1 saturated carbocycles. The summed E-state index contributed by atoms with van der Waals surface area (Å²) in [5.74, 6) is 0. The van der Waals surface area contributed by atoms with Gasteiger partial charge in [-0.05, 0) is 65.2 Å². The van der Waals surface area contributed by atoms with Crippen LogP contribution in [0, 0.1) is 0 Å². The van der Waals surface area contributed by atoms with E-state index in [2.05, 4.69) is 20.7 Å². The van der Waals surface area contributed by atoms with Gasteiger partial charge in [-0.1, -0.05) is 31.4 Å². The lowest BCUT2D eigenvalue weighted by molar-refractivity contribution is 0.286. The topological polar surface area (TPSA) is 83.6 Å². The number of sulfonamides is 2. The van der Waals surface area contributed by atoms with Crippen LogP contribution in [0.3, 0.4) is 0 Å². The first-order chi connectivity index (χ1) is 13.2. The van der Waals surface area contributed by atoms with E-state index >= 15 is 0 Å². The maximum Gasteiger partial charge on any atom is 0.263 e. The molecule has 9 heteroatoms. The molecule has 2 aromatic rings. The summed E-state index contributed by atoms with van der Waals surface area (Å²) in [6, 6.07) is 12.3. The van der Waals surface area contributed by atoms with Crippen molar-refractivity contribution in [1.29, 1.82) is 0 Å². The largest absolute Gasteiger partial charge is 0.280 e. The summed E-state index contributed by atoms with van der Waals surface area (Å²) in [4.78, 5) is 0.271. The third kappa shape index (κ3) is 4.59. The maximum absolute atomic E-state index is 12.9. The molecule has 1 N–H and O–H groups in total. The highest BCUT2D eigenvalue weighted by Crippen LogP contribution is 2.28. The van der Waals surface area contributed by atoms with Gasteiger partial charge in [-0.25, -0.2) is 16.8 Å². The van der Waals surface area contributed by atoms with Crippen LogP contribution in [0.2, 0.25) is 0 Å². The van der Waals surface area contributed by atoms with Crippen molar-refractivity contribution in [2.45, 2.75) is 47.9 Å². The van der Waals surface area contributed by atoms with Crippen LogP contribution in [0.1, 0.15) is 32.1 Å². The smallest absolute Gasteiger partial charge is 0.263 e. The summed E-state index contributed by atoms with van der Waals surface area (Å²) >= 11 is 3.23. The van der Waals surface area contributed by atoms with Crippen LogP contribution in [0.5, 0.6) is 0 Å². The molecule has 152 valence electrons. The predicted octanol–water partition coefficient (Wildman–Crippen LogP) is 4.20. The van der Waals surface area contributed by atoms with Crippen LogP contribution in [-0.4, -0.2) is 34.2 Å². The van der Waals surface area contributed by atoms with Crippen molar-refractivity contribution in [2.24, 2.45) is 0 Å². The normalized spacial score (nSPS) is 16.2. The van der Waals surface area contributed by atoms with E-state index in [0.717, 1.165) is 32.1 Å². The number of halogens is 1. The van der Waals surface area contributed by atoms with Crippen molar-refractivity contribution in [3.63, 3.8) is 0 Å².